The second-order valence-electron chi connectivity index (χ2n) is 9.56. The minimum absolute atomic E-state index is 0.0559. The molecule has 4 fully saturated rings. The molecule has 1 N–H and O–H groups in total. The summed E-state index contributed by atoms with van der Waals surface area (Å²) in [5.41, 5.74) is -1.70. The summed E-state index contributed by atoms with van der Waals surface area (Å²) in [6.07, 6.45) is 1.65. The van der Waals surface area contributed by atoms with Crippen LogP contribution in [0.2, 0.25) is 5.02 Å². The van der Waals surface area contributed by atoms with Gasteiger partial charge in [0.05, 0.1) is 5.02 Å². The average Bonchev–Trinajstić information content (AvgIpc) is 3.01. The highest BCUT2D eigenvalue weighted by Gasteiger charge is 2.54. The lowest BCUT2D eigenvalue weighted by Gasteiger charge is -2.59. The van der Waals surface area contributed by atoms with E-state index in [0.717, 1.165) is 25.7 Å². The Labute approximate surface area is 178 Å². The SMILES string of the molecule is CCC(NC(=O)C(C)n1nc(C(F)F)c(Cl)c1C(F)F)C12CC3CC(CC(C3)C1)C2. The first-order valence-corrected chi connectivity index (χ1v) is 11.2. The van der Waals surface area contributed by atoms with Crippen molar-refractivity contribution in [3.63, 3.8) is 0 Å². The summed E-state index contributed by atoms with van der Waals surface area (Å²) in [4.78, 5) is 13.0. The Morgan fingerprint density at radius 2 is 1.67 bits per heavy atom. The van der Waals surface area contributed by atoms with Gasteiger partial charge in [0.25, 0.3) is 12.9 Å². The number of hydrogen-bond acceptors (Lipinski definition) is 2. The lowest BCUT2D eigenvalue weighted by molar-refractivity contribution is -0.129. The molecule has 0 radical (unpaired) electrons. The third-order valence-corrected chi connectivity index (χ3v) is 8.01. The molecule has 5 rings (SSSR count). The lowest BCUT2D eigenvalue weighted by atomic mass is 9.47. The molecular weight excluding hydrogens is 422 g/mol. The molecule has 0 aromatic carbocycles. The third-order valence-electron chi connectivity index (χ3n) is 7.62. The Morgan fingerprint density at radius 3 is 2.10 bits per heavy atom. The summed E-state index contributed by atoms with van der Waals surface area (Å²) >= 11 is 5.74. The zero-order chi connectivity index (χ0) is 21.8. The average molecular weight is 450 g/mol. The monoisotopic (exact) mass is 449 g/mol. The van der Waals surface area contributed by atoms with Crippen LogP contribution < -0.4 is 5.32 Å². The lowest BCUT2D eigenvalue weighted by Crippen LogP contribution is -2.57. The smallest absolute Gasteiger partial charge is 0.283 e. The van der Waals surface area contributed by atoms with E-state index in [1.807, 2.05) is 6.92 Å². The van der Waals surface area contributed by atoms with Gasteiger partial charge in [-0.25, -0.2) is 22.2 Å². The number of carbonyl (C=O) groups excluding carboxylic acids is 1. The molecule has 9 heteroatoms. The first-order valence-electron chi connectivity index (χ1n) is 10.8. The number of carbonyl (C=O) groups is 1. The Bertz CT molecular complexity index is 777. The predicted octanol–water partition coefficient (Wildman–Crippen LogP) is 6.08. The largest absolute Gasteiger partial charge is 0.351 e. The van der Waals surface area contributed by atoms with Crippen molar-refractivity contribution >= 4 is 17.5 Å². The third kappa shape index (κ3) is 3.63. The first-order chi connectivity index (χ1) is 14.1. The molecule has 1 aromatic rings. The van der Waals surface area contributed by atoms with Crippen LogP contribution in [0.3, 0.4) is 0 Å². The summed E-state index contributed by atoms with van der Waals surface area (Å²) in [6.45, 7) is 3.42. The molecule has 4 aliphatic rings. The molecule has 4 nitrogen and oxygen atoms in total. The minimum atomic E-state index is -3.11. The maximum atomic E-state index is 13.5. The van der Waals surface area contributed by atoms with Crippen LogP contribution >= 0.6 is 11.6 Å². The van der Waals surface area contributed by atoms with Crippen LogP contribution in [0.15, 0.2) is 0 Å². The summed E-state index contributed by atoms with van der Waals surface area (Å²) in [7, 11) is 0. The van der Waals surface area contributed by atoms with Crippen molar-refractivity contribution in [2.75, 3.05) is 0 Å². The summed E-state index contributed by atoms with van der Waals surface area (Å²) in [5, 5.41) is 5.87. The fourth-order valence-corrected chi connectivity index (χ4v) is 7.06. The van der Waals surface area contributed by atoms with E-state index in [2.05, 4.69) is 10.4 Å². The Balaban J connectivity index is 1.55. The van der Waals surface area contributed by atoms with Crippen LogP contribution in [-0.2, 0) is 4.79 Å². The Kier molecular flexibility index (Phi) is 5.83. The van der Waals surface area contributed by atoms with E-state index in [4.69, 9.17) is 11.6 Å². The summed E-state index contributed by atoms with van der Waals surface area (Å²) < 4.78 is 53.9. The molecule has 4 bridgehead atoms. The maximum Gasteiger partial charge on any atom is 0.283 e. The van der Waals surface area contributed by atoms with E-state index in [0.29, 0.717) is 22.4 Å². The van der Waals surface area contributed by atoms with Gasteiger partial charge in [0, 0.05) is 6.04 Å². The standard InChI is InChI=1S/C21H28ClF4N3O/c1-3-14(21-7-11-4-12(8-21)6-13(5-11)9-21)27-20(30)10(2)29-17(19(25)26)15(22)16(28-29)18(23)24/h10-14,18-19H,3-9H2,1-2H3,(H,27,30). The number of nitrogens with zero attached hydrogens (tertiary/aromatic N) is 2. The highest BCUT2D eigenvalue weighted by molar-refractivity contribution is 6.32. The number of amides is 1. The molecule has 1 heterocycles. The molecule has 4 aliphatic carbocycles. The fourth-order valence-electron chi connectivity index (χ4n) is 6.77. The van der Waals surface area contributed by atoms with Gasteiger partial charge in [0.2, 0.25) is 5.91 Å². The van der Waals surface area contributed by atoms with Gasteiger partial charge >= 0.3 is 0 Å². The van der Waals surface area contributed by atoms with Crippen molar-refractivity contribution in [1.29, 1.82) is 0 Å². The minimum Gasteiger partial charge on any atom is -0.351 e. The van der Waals surface area contributed by atoms with Crippen molar-refractivity contribution in [3.05, 3.63) is 16.4 Å². The zero-order valence-corrected chi connectivity index (χ0v) is 17.9. The molecule has 0 aliphatic heterocycles. The van der Waals surface area contributed by atoms with E-state index in [-0.39, 0.29) is 11.5 Å². The fraction of sp³-hybridized carbons (Fsp3) is 0.810. The molecule has 0 saturated heterocycles. The van der Waals surface area contributed by atoms with Crippen LogP contribution in [0, 0.1) is 23.2 Å². The second-order valence-corrected chi connectivity index (χ2v) is 9.93. The van der Waals surface area contributed by atoms with E-state index >= 15 is 0 Å². The normalized spacial score (nSPS) is 32.1. The molecule has 2 atom stereocenters. The van der Waals surface area contributed by atoms with Crippen LogP contribution in [0.4, 0.5) is 17.6 Å². The van der Waals surface area contributed by atoms with E-state index in [1.165, 1.54) is 26.2 Å². The Hall–Kier alpha value is -1.31. The predicted molar refractivity (Wildman–Crippen MR) is 105 cm³/mol. The van der Waals surface area contributed by atoms with Crippen LogP contribution in [0.1, 0.15) is 89.1 Å². The van der Waals surface area contributed by atoms with Gasteiger partial charge in [-0.1, -0.05) is 18.5 Å². The van der Waals surface area contributed by atoms with Gasteiger partial charge < -0.3 is 5.32 Å². The quantitative estimate of drug-likeness (QED) is 0.512. The van der Waals surface area contributed by atoms with E-state index in [1.54, 1.807) is 0 Å². The molecule has 30 heavy (non-hydrogen) atoms. The number of halogens is 5. The maximum absolute atomic E-state index is 13.5. The number of aromatic nitrogens is 2. The van der Waals surface area contributed by atoms with Gasteiger partial charge in [-0.2, -0.15) is 5.10 Å². The molecule has 4 saturated carbocycles. The van der Waals surface area contributed by atoms with Crippen molar-refractivity contribution in [3.8, 4) is 0 Å². The molecule has 1 aromatic heterocycles. The van der Waals surface area contributed by atoms with Crippen LogP contribution in [0.5, 0.6) is 0 Å². The van der Waals surface area contributed by atoms with Crippen LogP contribution in [-0.4, -0.2) is 21.7 Å². The number of hydrogen-bond donors (Lipinski definition) is 1. The van der Waals surface area contributed by atoms with E-state index in [9.17, 15) is 22.4 Å². The number of nitrogens with one attached hydrogen (secondary N) is 1. The summed E-state index contributed by atoms with van der Waals surface area (Å²) in [5.74, 6) is 1.65. The molecule has 1 amide bonds. The Morgan fingerprint density at radius 1 is 1.13 bits per heavy atom. The molecule has 0 spiro atoms. The molecular formula is C21H28ClF4N3O. The van der Waals surface area contributed by atoms with Crippen molar-refractivity contribution < 1.29 is 22.4 Å². The van der Waals surface area contributed by atoms with Gasteiger partial charge in [-0.05, 0) is 75.0 Å². The van der Waals surface area contributed by atoms with Gasteiger partial charge in [0.15, 0.2) is 0 Å². The van der Waals surface area contributed by atoms with Crippen molar-refractivity contribution in [1.82, 2.24) is 15.1 Å². The number of rotatable bonds is 7. The van der Waals surface area contributed by atoms with Crippen molar-refractivity contribution in [2.24, 2.45) is 23.2 Å². The van der Waals surface area contributed by atoms with Crippen LogP contribution in [0.25, 0.3) is 0 Å². The second kappa shape index (κ2) is 7.99. The van der Waals surface area contributed by atoms with Crippen molar-refractivity contribution in [2.45, 2.75) is 83.7 Å². The topological polar surface area (TPSA) is 46.9 Å². The molecule has 2 unspecified atom stereocenters. The first kappa shape index (κ1) is 21.9. The zero-order valence-electron chi connectivity index (χ0n) is 17.2. The molecule has 168 valence electrons. The van der Waals surface area contributed by atoms with Gasteiger partial charge in [-0.3, -0.25) is 4.79 Å². The van der Waals surface area contributed by atoms with Gasteiger partial charge in [-0.15, -0.1) is 0 Å². The highest BCUT2D eigenvalue weighted by atomic mass is 35.5. The summed E-state index contributed by atoms with van der Waals surface area (Å²) in [6, 6.07) is -1.22. The van der Waals surface area contributed by atoms with Gasteiger partial charge in [0.1, 0.15) is 17.4 Å². The number of alkyl halides is 4. The highest BCUT2D eigenvalue weighted by Crippen LogP contribution is 2.61. The van der Waals surface area contributed by atoms with E-state index < -0.39 is 41.2 Å².